The highest BCUT2D eigenvalue weighted by atomic mass is 16.3. The first-order chi connectivity index (χ1) is 26.8. The van der Waals surface area contributed by atoms with Crippen molar-refractivity contribution in [1.82, 2.24) is 0 Å². The molecule has 4 heteroatoms. The molecule has 0 amide bonds. The Morgan fingerprint density at radius 1 is 0.222 bits per heavy atom. The van der Waals surface area contributed by atoms with Gasteiger partial charge in [0.25, 0.3) is 0 Å². The van der Waals surface area contributed by atoms with Crippen molar-refractivity contribution < 1.29 is 17.7 Å². The van der Waals surface area contributed by atoms with Crippen LogP contribution < -0.4 is 0 Å². The summed E-state index contributed by atoms with van der Waals surface area (Å²) < 4.78 is 25.5. The van der Waals surface area contributed by atoms with Crippen LogP contribution in [0.25, 0.3) is 132 Å². The highest BCUT2D eigenvalue weighted by Gasteiger charge is 2.22. The van der Waals surface area contributed by atoms with Crippen LogP contribution in [-0.4, -0.2) is 0 Å². The molecular formula is C50H26O4. The third-order valence-electron chi connectivity index (χ3n) is 11.5. The van der Waals surface area contributed by atoms with Crippen molar-refractivity contribution in [2.75, 3.05) is 0 Å². The lowest BCUT2D eigenvalue weighted by Gasteiger charge is -2.18. The van der Waals surface area contributed by atoms with Gasteiger partial charge in [-0.2, -0.15) is 0 Å². The van der Waals surface area contributed by atoms with Gasteiger partial charge in [0.15, 0.2) is 0 Å². The van der Waals surface area contributed by atoms with E-state index in [1.807, 2.05) is 48.5 Å². The van der Waals surface area contributed by atoms with Crippen LogP contribution in [-0.2, 0) is 0 Å². The van der Waals surface area contributed by atoms with Gasteiger partial charge in [-0.15, -0.1) is 0 Å². The predicted octanol–water partition coefficient (Wildman–Crippen LogP) is 14.9. The number of furan rings is 4. The molecule has 4 heterocycles. The summed E-state index contributed by atoms with van der Waals surface area (Å²) >= 11 is 0. The molecule has 54 heavy (non-hydrogen) atoms. The van der Waals surface area contributed by atoms with Crippen LogP contribution in [0.15, 0.2) is 175 Å². The Labute approximate surface area is 306 Å². The number of hydrogen-bond donors (Lipinski definition) is 0. The topological polar surface area (TPSA) is 52.6 Å². The molecule has 0 bridgehead atoms. The molecule has 0 aliphatic heterocycles. The van der Waals surface area contributed by atoms with Gasteiger partial charge in [0.05, 0.1) is 0 Å². The fourth-order valence-corrected chi connectivity index (χ4v) is 9.23. The van der Waals surface area contributed by atoms with Crippen LogP contribution in [0, 0.1) is 0 Å². The standard InChI is InChI=1S/C50H26O4/c1-2-10-30-29(9-1)45(27-17-19-39-35(25-27)49-43(53-39)23-21-41-47(49)33-13-5-7-15-37(33)51-41)31-11-3-4-12-32(31)46(30)28-18-20-40-36(26-28)50-44(54-40)24-22-42-48(50)34-14-6-8-16-38(34)52-42/h1-26H. The molecule has 4 aromatic heterocycles. The zero-order chi connectivity index (χ0) is 35.1. The number of benzene rings is 9. The second-order valence-corrected chi connectivity index (χ2v) is 14.3. The van der Waals surface area contributed by atoms with Gasteiger partial charge in [-0.25, -0.2) is 0 Å². The molecule has 9 aromatic carbocycles. The largest absolute Gasteiger partial charge is 0.456 e. The van der Waals surface area contributed by atoms with E-state index < -0.39 is 0 Å². The van der Waals surface area contributed by atoms with Crippen LogP contribution in [0.1, 0.15) is 0 Å². The first kappa shape index (κ1) is 28.3. The Kier molecular flexibility index (Phi) is 5.34. The van der Waals surface area contributed by atoms with Gasteiger partial charge in [-0.1, -0.05) is 97.1 Å². The predicted molar refractivity (Wildman–Crippen MR) is 221 cm³/mol. The van der Waals surface area contributed by atoms with E-state index in [0.29, 0.717) is 0 Å². The van der Waals surface area contributed by atoms with Crippen molar-refractivity contribution in [3.63, 3.8) is 0 Å². The van der Waals surface area contributed by atoms with Gasteiger partial charge in [0.2, 0.25) is 0 Å². The second kappa shape index (κ2) is 10.2. The maximum absolute atomic E-state index is 6.47. The van der Waals surface area contributed by atoms with Gasteiger partial charge in [0, 0.05) is 43.1 Å². The van der Waals surface area contributed by atoms with E-state index >= 15 is 0 Å². The molecule has 0 spiro atoms. The van der Waals surface area contributed by atoms with Crippen LogP contribution in [0.5, 0.6) is 0 Å². The van der Waals surface area contributed by atoms with Crippen LogP contribution >= 0.6 is 0 Å². The minimum absolute atomic E-state index is 0.856. The van der Waals surface area contributed by atoms with Crippen molar-refractivity contribution >= 4 is 109 Å². The van der Waals surface area contributed by atoms with Gasteiger partial charge >= 0.3 is 0 Å². The highest BCUT2D eigenvalue weighted by molar-refractivity contribution is 6.29. The van der Waals surface area contributed by atoms with Crippen molar-refractivity contribution in [2.24, 2.45) is 0 Å². The Bertz CT molecular complexity index is 3430. The zero-order valence-electron chi connectivity index (χ0n) is 28.6. The molecule has 0 fully saturated rings. The van der Waals surface area contributed by atoms with Gasteiger partial charge in [-0.3, -0.25) is 0 Å². The number of rotatable bonds is 2. The molecule has 0 aliphatic carbocycles. The van der Waals surface area contributed by atoms with Crippen LogP contribution in [0.3, 0.4) is 0 Å². The van der Waals surface area contributed by atoms with Crippen LogP contribution in [0.4, 0.5) is 0 Å². The lowest BCUT2D eigenvalue weighted by molar-refractivity contribution is 0.663. The van der Waals surface area contributed by atoms with E-state index in [-0.39, 0.29) is 0 Å². The molecule has 0 saturated heterocycles. The number of para-hydroxylation sites is 2. The Hall–Kier alpha value is -7.30. The van der Waals surface area contributed by atoms with Gasteiger partial charge in [0.1, 0.15) is 44.7 Å². The summed E-state index contributed by atoms with van der Waals surface area (Å²) in [6.45, 7) is 0. The molecule has 0 atom stereocenters. The highest BCUT2D eigenvalue weighted by Crippen LogP contribution is 2.48. The maximum atomic E-state index is 6.47. The number of fused-ring (bicyclic) bond motifs is 16. The summed E-state index contributed by atoms with van der Waals surface area (Å²) in [5.41, 5.74) is 11.6. The van der Waals surface area contributed by atoms with Gasteiger partial charge in [-0.05, 0) is 104 Å². The molecule has 250 valence electrons. The fourth-order valence-electron chi connectivity index (χ4n) is 9.23. The molecule has 13 rings (SSSR count). The zero-order valence-corrected chi connectivity index (χ0v) is 28.6. The lowest BCUT2D eigenvalue weighted by atomic mass is 9.85. The van der Waals surface area contributed by atoms with E-state index in [1.54, 1.807) is 0 Å². The van der Waals surface area contributed by atoms with Crippen molar-refractivity contribution in [2.45, 2.75) is 0 Å². The molecular weight excluding hydrogens is 665 g/mol. The first-order valence-electron chi connectivity index (χ1n) is 18.2. The van der Waals surface area contributed by atoms with E-state index in [2.05, 4.69) is 109 Å². The van der Waals surface area contributed by atoms with Gasteiger partial charge < -0.3 is 17.7 Å². The minimum atomic E-state index is 0.856. The molecule has 0 aliphatic rings. The molecule has 4 nitrogen and oxygen atoms in total. The third kappa shape index (κ3) is 3.66. The van der Waals surface area contributed by atoms with Crippen molar-refractivity contribution in [1.29, 1.82) is 0 Å². The smallest absolute Gasteiger partial charge is 0.136 e. The summed E-state index contributed by atoms with van der Waals surface area (Å²) in [4.78, 5) is 0. The normalized spacial score (nSPS) is 12.4. The maximum Gasteiger partial charge on any atom is 0.136 e. The van der Waals surface area contributed by atoms with E-state index in [0.717, 1.165) is 98.9 Å². The average molecular weight is 691 g/mol. The van der Waals surface area contributed by atoms with Crippen molar-refractivity contribution in [3.05, 3.63) is 158 Å². The van der Waals surface area contributed by atoms with Crippen LogP contribution in [0.2, 0.25) is 0 Å². The summed E-state index contributed by atoms with van der Waals surface area (Å²) in [6, 6.07) is 55.4. The molecule has 0 saturated carbocycles. The summed E-state index contributed by atoms with van der Waals surface area (Å²) in [5, 5.41) is 13.5. The Balaban J connectivity index is 1.10. The monoisotopic (exact) mass is 690 g/mol. The molecule has 0 unspecified atom stereocenters. The summed E-state index contributed by atoms with van der Waals surface area (Å²) in [5.74, 6) is 0. The summed E-state index contributed by atoms with van der Waals surface area (Å²) in [6.07, 6.45) is 0. The third-order valence-corrected chi connectivity index (χ3v) is 11.5. The molecule has 0 radical (unpaired) electrons. The second-order valence-electron chi connectivity index (χ2n) is 14.3. The van der Waals surface area contributed by atoms with E-state index in [4.69, 9.17) is 17.7 Å². The molecule has 13 aromatic rings. The Morgan fingerprint density at radius 3 is 0.870 bits per heavy atom. The van der Waals surface area contributed by atoms with E-state index in [1.165, 1.54) is 32.7 Å². The first-order valence-corrected chi connectivity index (χ1v) is 18.2. The average Bonchev–Trinajstić information content (AvgIpc) is 3.98. The lowest BCUT2D eigenvalue weighted by Crippen LogP contribution is -1.90. The quantitative estimate of drug-likeness (QED) is 0.169. The molecule has 0 N–H and O–H groups in total. The fraction of sp³-hybridized carbons (Fsp3) is 0. The van der Waals surface area contributed by atoms with Crippen molar-refractivity contribution in [3.8, 4) is 22.3 Å². The summed E-state index contributed by atoms with van der Waals surface area (Å²) in [7, 11) is 0. The Morgan fingerprint density at radius 2 is 0.500 bits per heavy atom. The number of hydrogen-bond acceptors (Lipinski definition) is 4. The van der Waals surface area contributed by atoms with E-state index in [9.17, 15) is 0 Å². The SMILES string of the molecule is c1ccc2c(c1)oc1ccc3oc4ccc(-c5c6ccccc6c(-c6ccc7oc8ccc9oc%10ccccc%10c9c8c7c6)c6ccccc56)cc4c3c12. The minimum Gasteiger partial charge on any atom is -0.456 e.